The van der Waals surface area contributed by atoms with E-state index in [0.717, 1.165) is 25.7 Å². The lowest BCUT2D eigenvalue weighted by Gasteiger charge is -2.22. The fourth-order valence-electron chi connectivity index (χ4n) is 2.19. The fourth-order valence-corrected chi connectivity index (χ4v) is 2.19. The Morgan fingerprint density at radius 1 is 1.41 bits per heavy atom. The van der Waals surface area contributed by atoms with Crippen molar-refractivity contribution >= 4 is 11.8 Å². The van der Waals surface area contributed by atoms with Gasteiger partial charge in [0.25, 0.3) is 0 Å². The number of carbonyl (C=O) groups is 2. The van der Waals surface area contributed by atoms with Crippen molar-refractivity contribution in [2.45, 2.75) is 38.6 Å². The molecule has 0 aromatic heterocycles. The zero-order chi connectivity index (χ0) is 12.8. The average Bonchev–Trinajstić information content (AvgIpc) is 2.71. The molecular formula is C12H23N3O2. The zero-order valence-electron chi connectivity index (χ0n) is 10.7. The molecule has 0 spiro atoms. The van der Waals surface area contributed by atoms with Crippen molar-refractivity contribution in [2.24, 2.45) is 11.7 Å². The Bertz CT molecular complexity index is 281. The van der Waals surface area contributed by atoms with Crippen LogP contribution in [0, 0.1) is 5.92 Å². The maximum absolute atomic E-state index is 12.0. The van der Waals surface area contributed by atoms with E-state index >= 15 is 0 Å². The van der Waals surface area contributed by atoms with Crippen LogP contribution < -0.4 is 11.1 Å². The summed E-state index contributed by atoms with van der Waals surface area (Å²) >= 11 is 0. The minimum atomic E-state index is -0.103. The smallest absolute Gasteiger partial charge is 0.239 e. The lowest BCUT2D eigenvalue weighted by atomic mass is 10.0. The van der Waals surface area contributed by atoms with Crippen LogP contribution in [0.1, 0.15) is 32.6 Å². The van der Waals surface area contributed by atoms with Gasteiger partial charge >= 0.3 is 0 Å². The predicted molar refractivity (Wildman–Crippen MR) is 66.3 cm³/mol. The number of nitrogens with two attached hydrogens (primary N) is 1. The summed E-state index contributed by atoms with van der Waals surface area (Å²) < 4.78 is 0. The van der Waals surface area contributed by atoms with Crippen molar-refractivity contribution in [3.8, 4) is 0 Å². The van der Waals surface area contributed by atoms with E-state index in [9.17, 15) is 9.59 Å². The summed E-state index contributed by atoms with van der Waals surface area (Å²) in [5.74, 6) is -0.199. The highest BCUT2D eigenvalue weighted by atomic mass is 16.2. The van der Waals surface area contributed by atoms with Gasteiger partial charge in [0, 0.05) is 19.6 Å². The van der Waals surface area contributed by atoms with Gasteiger partial charge in [0.05, 0.1) is 12.5 Å². The van der Waals surface area contributed by atoms with Crippen LogP contribution in [0.2, 0.25) is 0 Å². The SMILES string of the molecule is CCCNC(=O)CN(C)C(=O)C1CCCC1N. The summed E-state index contributed by atoms with van der Waals surface area (Å²) in [5.41, 5.74) is 5.88. The molecule has 0 radical (unpaired) electrons. The van der Waals surface area contributed by atoms with Gasteiger partial charge in [0.15, 0.2) is 0 Å². The molecule has 2 atom stereocenters. The van der Waals surface area contributed by atoms with E-state index in [2.05, 4.69) is 5.32 Å². The Kier molecular flexibility index (Phi) is 5.41. The Hall–Kier alpha value is -1.10. The second-order valence-corrected chi connectivity index (χ2v) is 4.75. The third-order valence-corrected chi connectivity index (χ3v) is 3.22. The Labute approximate surface area is 103 Å². The van der Waals surface area contributed by atoms with Crippen LogP contribution in [0.15, 0.2) is 0 Å². The molecule has 98 valence electrons. The Morgan fingerprint density at radius 3 is 2.65 bits per heavy atom. The van der Waals surface area contributed by atoms with E-state index in [-0.39, 0.29) is 30.3 Å². The molecule has 5 heteroatoms. The van der Waals surface area contributed by atoms with Crippen LogP contribution in [-0.4, -0.2) is 42.9 Å². The average molecular weight is 241 g/mol. The molecular weight excluding hydrogens is 218 g/mol. The first-order chi connectivity index (χ1) is 8.06. The van der Waals surface area contributed by atoms with Crippen molar-refractivity contribution in [1.82, 2.24) is 10.2 Å². The highest BCUT2D eigenvalue weighted by Gasteiger charge is 2.32. The van der Waals surface area contributed by atoms with E-state index in [0.29, 0.717) is 6.54 Å². The summed E-state index contributed by atoms with van der Waals surface area (Å²) in [4.78, 5) is 25.0. The van der Waals surface area contributed by atoms with E-state index in [4.69, 9.17) is 5.73 Å². The standard InChI is InChI=1S/C12H23N3O2/c1-3-7-14-11(16)8-15(2)12(17)9-5-4-6-10(9)13/h9-10H,3-8,13H2,1-2H3,(H,14,16). The van der Waals surface area contributed by atoms with Crippen LogP contribution in [-0.2, 0) is 9.59 Å². The van der Waals surface area contributed by atoms with Gasteiger partial charge in [-0.25, -0.2) is 0 Å². The maximum atomic E-state index is 12.0. The largest absolute Gasteiger partial charge is 0.355 e. The molecule has 0 bridgehead atoms. The monoisotopic (exact) mass is 241 g/mol. The molecule has 1 aliphatic rings. The van der Waals surface area contributed by atoms with E-state index in [1.807, 2.05) is 6.92 Å². The molecule has 0 aromatic carbocycles. The van der Waals surface area contributed by atoms with Crippen LogP contribution >= 0.6 is 0 Å². The third-order valence-electron chi connectivity index (χ3n) is 3.22. The predicted octanol–water partition coefficient (Wildman–Crippen LogP) is 0.0984. The van der Waals surface area contributed by atoms with Gasteiger partial charge in [-0.2, -0.15) is 0 Å². The van der Waals surface area contributed by atoms with Crippen molar-refractivity contribution in [3.05, 3.63) is 0 Å². The summed E-state index contributed by atoms with van der Waals surface area (Å²) in [6, 6.07) is -0.0383. The lowest BCUT2D eigenvalue weighted by molar-refractivity contribution is -0.138. The van der Waals surface area contributed by atoms with Crippen LogP contribution in [0.25, 0.3) is 0 Å². The number of nitrogens with one attached hydrogen (secondary N) is 1. The van der Waals surface area contributed by atoms with Crippen LogP contribution in [0.4, 0.5) is 0 Å². The molecule has 0 heterocycles. The van der Waals surface area contributed by atoms with Gasteiger partial charge < -0.3 is 16.0 Å². The molecule has 0 aromatic rings. The molecule has 0 aliphatic heterocycles. The molecule has 0 saturated heterocycles. The summed E-state index contributed by atoms with van der Waals surface area (Å²) in [5, 5.41) is 2.76. The number of hydrogen-bond donors (Lipinski definition) is 2. The fraction of sp³-hybridized carbons (Fsp3) is 0.833. The third kappa shape index (κ3) is 4.00. The van der Waals surface area contributed by atoms with Crippen molar-refractivity contribution in [2.75, 3.05) is 20.1 Å². The first-order valence-corrected chi connectivity index (χ1v) is 6.33. The van der Waals surface area contributed by atoms with E-state index in [1.54, 1.807) is 7.05 Å². The van der Waals surface area contributed by atoms with Gasteiger partial charge in [-0.3, -0.25) is 9.59 Å². The summed E-state index contributed by atoms with van der Waals surface area (Å²) in [6.45, 7) is 2.78. The molecule has 1 saturated carbocycles. The van der Waals surface area contributed by atoms with Crippen LogP contribution in [0.5, 0.6) is 0 Å². The normalized spacial score (nSPS) is 23.5. The Morgan fingerprint density at radius 2 is 2.12 bits per heavy atom. The molecule has 1 aliphatic carbocycles. The number of hydrogen-bond acceptors (Lipinski definition) is 3. The molecule has 5 nitrogen and oxygen atoms in total. The number of amides is 2. The van der Waals surface area contributed by atoms with E-state index < -0.39 is 0 Å². The molecule has 2 unspecified atom stereocenters. The van der Waals surface area contributed by atoms with Crippen LogP contribution in [0.3, 0.4) is 0 Å². The summed E-state index contributed by atoms with van der Waals surface area (Å²) in [7, 11) is 1.67. The van der Waals surface area contributed by atoms with Crippen molar-refractivity contribution in [3.63, 3.8) is 0 Å². The van der Waals surface area contributed by atoms with Gasteiger partial charge in [-0.15, -0.1) is 0 Å². The second kappa shape index (κ2) is 6.59. The molecule has 2 amide bonds. The topological polar surface area (TPSA) is 75.4 Å². The zero-order valence-corrected chi connectivity index (χ0v) is 10.7. The molecule has 3 N–H and O–H groups in total. The molecule has 1 fully saturated rings. The van der Waals surface area contributed by atoms with Gasteiger partial charge in [0.2, 0.25) is 11.8 Å². The first kappa shape index (κ1) is 14.0. The maximum Gasteiger partial charge on any atom is 0.239 e. The molecule has 17 heavy (non-hydrogen) atoms. The first-order valence-electron chi connectivity index (χ1n) is 6.33. The number of carbonyl (C=O) groups excluding carboxylic acids is 2. The number of likely N-dealkylation sites (N-methyl/N-ethyl adjacent to an activating group) is 1. The minimum absolute atomic E-state index is 0.00153. The quantitative estimate of drug-likeness (QED) is 0.716. The summed E-state index contributed by atoms with van der Waals surface area (Å²) in [6.07, 6.45) is 3.66. The van der Waals surface area contributed by atoms with E-state index in [1.165, 1.54) is 4.90 Å². The highest BCUT2D eigenvalue weighted by molar-refractivity contribution is 5.86. The van der Waals surface area contributed by atoms with Crippen molar-refractivity contribution < 1.29 is 9.59 Å². The van der Waals surface area contributed by atoms with Gasteiger partial charge in [0.1, 0.15) is 0 Å². The Balaban J connectivity index is 2.38. The molecule has 1 rings (SSSR count). The number of rotatable bonds is 5. The van der Waals surface area contributed by atoms with Crippen molar-refractivity contribution in [1.29, 1.82) is 0 Å². The number of nitrogens with zero attached hydrogens (tertiary/aromatic N) is 1. The lowest BCUT2D eigenvalue weighted by Crippen LogP contribution is -2.44. The highest BCUT2D eigenvalue weighted by Crippen LogP contribution is 2.25. The van der Waals surface area contributed by atoms with Gasteiger partial charge in [-0.05, 0) is 19.3 Å². The van der Waals surface area contributed by atoms with Gasteiger partial charge in [-0.1, -0.05) is 13.3 Å². The second-order valence-electron chi connectivity index (χ2n) is 4.75. The minimum Gasteiger partial charge on any atom is -0.355 e.